The van der Waals surface area contributed by atoms with Crippen LogP contribution in [-0.4, -0.2) is 0 Å². The van der Waals surface area contributed by atoms with Gasteiger partial charge in [-0.25, -0.2) is 0 Å². The van der Waals surface area contributed by atoms with Gasteiger partial charge in [0.1, 0.15) is 0 Å². The van der Waals surface area contributed by atoms with E-state index in [2.05, 4.69) is 61.2 Å². The van der Waals surface area contributed by atoms with Crippen molar-refractivity contribution in [2.75, 3.05) is 5.73 Å². The van der Waals surface area contributed by atoms with E-state index in [0.717, 1.165) is 23.8 Å². The first-order valence-electron chi connectivity index (χ1n) is 7.32. The van der Waals surface area contributed by atoms with E-state index < -0.39 is 0 Å². The molecule has 2 heteroatoms. The Kier molecular flexibility index (Phi) is 4.39. The van der Waals surface area contributed by atoms with E-state index >= 15 is 0 Å². The molecular weight excluding hydrogens is 261 g/mol. The summed E-state index contributed by atoms with van der Waals surface area (Å²) in [4.78, 5) is 0. The second-order valence-electron chi connectivity index (χ2n) is 6.58. The lowest BCUT2D eigenvalue weighted by molar-refractivity contribution is 0.390. The molecule has 2 N–H and O–H groups in total. The number of benzene rings is 1. The van der Waals surface area contributed by atoms with E-state index in [1.807, 2.05) is 0 Å². The number of aryl methyl sites for hydroxylation is 1. The molecule has 1 aliphatic rings. The number of hydrogen-bond acceptors (Lipinski definition) is 1. The van der Waals surface area contributed by atoms with Crippen LogP contribution in [0.25, 0.3) is 6.08 Å². The average Bonchev–Trinajstić information content (AvgIpc) is 2.35. The van der Waals surface area contributed by atoms with Crippen LogP contribution in [0.2, 0.25) is 0 Å². The van der Waals surface area contributed by atoms with Gasteiger partial charge in [-0.1, -0.05) is 36.8 Å². The van der Waals surface area contributed by atoms with Gasteiger partial charge < -0.3 is 5.73 Å². The van der Waals surface area contributed by atoms with Gasteiger partial charge in [-0.05, 0) is 62.1 Å². The predicted octanol–water partition coefficient (Wildman–Crippen LogP) is 4.40. The third-order valence-corrected chi connectivity index (χ3v) is 4.88. The second-order valence-corrected chi connectivity index (χ2v) is 7.16. The highest BCUT2D eigenvalue weighted by atomic mass is 31.0. The Morgan fingerprint density at radius 2 is 2.15 bits per heavy atom. The highest BCUT2D eigenvalue weighted by molar-refractivity contribution is 7.28. The molecule has 0 spiro atoms. The Bertz CT molecular complexity index is 580. The molecule has 108 valence electrons. The maximum absolute atomic E-state index is 6.12. The van der Waals surface area contributed by atoms with E-state index in [0.29, 0.717) is 0 Å². The molecule has 20 heavy (non-hydrogen) atoms. The van der Waals surface area contributed by atoms with E-state index in [1.165, 1.54) is 28.7 Å². The van der Waals surface area contributed by atoms with Crippen LogP contribution in [0.1, 0.15) is 50.3 Å². The molecule has 1 aliphatic carbocycles. The molecule has 0 amide bonds. The summed E-state index contributed by atoms with van der Waals surface area (Å²) in [7, 11) is 2.80. The minimum absolute atomic E-state index is 0.263. The van der Waals surface area contributed by atoms with Gasteiger partial charge in [0.2, 0.25) is 0 Å². The molecule has 0 radical (unpaired) electrons. The summed E-state index contributed by atoms with van der Waals surface area (Å²) in [6.07, 6.45) is 10.4. The van der Waals surface area contributed by atoms with Gasteiger partial charge in [0.25, 0.3) is 0 Å². The molecule has 1 aromatic carbocycles. The van der Waals surface area contributed by atoms with Crippen LogP contribution in [0.4, 0.5) is 5.69 Å². The van der Waals surface area contributed by atoms with Crippen LogP contribution in [0.5, 0.6) is 0 Å². The zero-order chi connectivity index (χ0) is 14.9. The Morgan fingerprint density at radius 3 is 2.80 bits per heavy atom. The third kappa shape index (κ3) is 3.15. The first kappa shape index (κ1) is 15.3. The van der Waals surface area contributed by atoms with Crippen molar-refractivity contribution in [1.29, 1.82) is 0 Å². The number of anilines is 1. The van der Waals surface area contributed by atoms with Gasteiger partial charge in [0.05, 0.1) is 0 Å². The molecule has 0 aromatic heterocycles. The Labute approximate surface area is 125 Å². The lowest BCUT2D eigenvalue weighted by Gasteiger charge is -2.31. The zero-order valence-electron chi connectivity index (χ0n) is 13.1. The summed E-state index contributed by atoms with van der Waals surface area (Å²) in [5.74, 6) is 0. The maximum atomic E-state index is 6.12. The monoisotopic (exact) mass is 287 g/mol. The van der Waals surface area contributed by atoms with Crippen molar-refractivity contribution in [1.82, 2.24) is 0 Å². The normalized spacial score (nSPS) is 20.6. The fourth-order valence-corrected chi connectivity index (χ4v) is 3.44. The number of hydrogen-bond donors (Lipinski definition) is 1. The van der Waals surface area contributed by atoms with Gasteiger partial charge in [-0.15, -0.1) is 9.24 Å². The van der Waals surface area contributed by atoms with Crippen molar-refractivity contribution < 1.29 is 0 Å². The Morgan fingerprint density at radius 1 is 1.45 bits per heavy atom. The zero-order valence-corrected chi connectivity index (χ0v) is 14.2. The second kappa shape index (κ2) is 5.74. The standard InChI is InChI=1S/C18H26NP/c1-12(2)6-5-8-18(4)9-7-15-14(11-18)10-13(3)16(19)17(15)20/h6-7,9-10H,5,8,11,19-20H2,1-4H3. The smallest absolute Gasteiger partial charge is 0.0422 e. The molecule has 2 unspecified atom stereocenters. The molecule has 1 nitrogen and oxygen atoms in total. The van der Waals surface area contributed by atoms with Crippen molar-refractivity contribution >= 4 is 26.3 Å². The van der Waals surface area contributed by atoms with Crippen molar-refractivity contribution in [3.63, 3.8) is 0 Å². The van der Waals surface area contributed by atoms with Crippen molar-refractivity contribution in [2.24, 2.45) is 5.41 Å². The van der Waals surface area contributed by atoms with Gasteiger partial charge in [-0.3, -0.25) is 0 Å². The summed E-state index contributed by atoms with van der Waals surface area (Å²) in [6, 6.07) is 2.26. The Balaban J connectivity index is 2.26. The van der Waals surface area contributed by atoms with Crippen LogP contribution in [-0.2, 0) is 6.42 Å². The molecule has 1 aromatic rings. The average molecular weight is 287 g/mol. The number of allylic oxidation sites excluding steroid dienone is 3. The number of fused-ring (bicyclic) bond motifs is 1. The van der Waals surface area contributed by atoms with E-state index in [1.54, 1.807) is 0 Å². The molecule has 0 fully saturated rings. The van der Waals surface area contributed by atoms with Gasteiger partial charge >= 0.3 is 0 Å². The van der Waals surface area contributed by atoms with Crippen LogP contribution in [0.3, 0.4) is 0 Å². The van der Waals surface area contributed by atoms with Crippen LogP contribution in [0.15, 0.2) is 23.8 Å². The summed E-state index contributed by atoms with van der Waals surface area (Å²) < 4.78 is 0. The molecule has 0 saturated carbocycles. The highest BCUT2D eigenvalue weighted by Crippen LogP contribution is 2.37. The third-order valence-electron chi connectivity index (χ3n) is 4.26. The molecule has 0 bridgehead atoms. The van der Waals surface area contributed by atoms with E-state index in [9.17, 15) is 0 Å². The largest absolute Gasteiger partial charge is 0.398 e. The number of rotatable bonds is 3. The topological polar surface area (TPSA) is 26.0 Å². The van der Waals surface area contributed by atoms with Crippen molar-refractivity contribution in [3.05, 3.63) is 40.5 Å². The fraction of sp³-hybridized carbons (Fsp3) is 0.444. The van der Waals surface area contributed by atoms with Gasteiger partial charge in [0, 0.05) is 11.0 Å². The van der Waals surface area contributed by atoms with Gasteiger partial charge in [0.15, 0.2) is 0 Å². The summed E-state index contributed by atoms with van der Waals surface area (Å²) >= 11 is 0. The fourth-order valence-electron chi connectivity index (χ4n) is 2.93. The molecule has 2 atom stereocenters. The maximum Gasteiger partial charge on any atom is 0.0422 e. The minimum atomic E-state index is 0.263. The molecule has 2 rings (SSSR count). The van der Waals surface area contributed by atoms with Crippen molar-refractivity contribution in [3.8, 4) is 0 Å². The predicted molar refractivity (Wildman–Crippen MR) is 94.4 cm³/mol. The van der Waals surface area contributed by atoms with Crippen molar-refractivity contribution in [2.45, 2.75) is 47.0 Å². The molecule has 0 aliphatic heterocycles. The van der Waals surface area contributed by atoms with Crippen LogP contribution >= 0.6 is 9.24 Å². The minimum Gasteiger partial charge on any atom is -0.398 e. The summed E-state index contributed by atoms with van der Waals surface area (Å²) in [5.41, 5.74) is 12.6. The SMILES string of the molecule is CC(C)=CCCC1(C)C=Cc2c(cc(C)c(N)c2P)C1. The highest BCUT2D eigenvalue weighted by Gasteiger charge is 2.26. The quantitative estimate of drug-likeness (QED) is 0.498. The van der Waals surface area contributed by atoms with Gasteiger partial charge in [-0.2, -0.15) is 0 Å². The number of nitrogens with two attached hydrogens (primary N) is 1. The van der Waals surface area contributed by atoms with E-state index in [-0.39, 0.29) is 5.41 Å². The molecule has 0 saturated heterocycles. The summed E-state index contributed by atoms with van der Waals surface area (Å²) in [6.45, 7) is 8.80. The lowest BCUT2D eigenvalue weighted by atomic mass is 9.74. The molecule has 0 heterocycles. The Hall–Kier alpha value is -1.07. The van der Waals surface area contributed by atoms with Crippen LogP contribution < -0.4 is 11.0 Å². The van der Waals surface area contributed by atoms with E-state index in [4.69, 9.17) is 5.73 Å². The lowest BCUT2D eigenvalue weighted by Crippen LogP contribution is -2.23. The first-order valence-corrected chi connectivity index (χ1v) is 7.90. The van der Waals surface area contributed by atoms with Crippen LogP contribution in [0, 0.1) is 12.3 Å². The first-order chi connectivity index (χ1) is 9.32. The number of nitrogen functional groups attached to an aromatic ring is 1. The molecular formula is C18H26NP. The summed E-state index contributed by atoms with van der Waals surface area (Å²) in [5, 5.41) is 1.16.